The number of nitrogens with zero attached hydrogens (tertiary/aromatic N) is 1. The zero-order chi connectivity index (χ0) is 13.0. The van der Waals surface area contributed by atoms with Crippen molar-refractivity contribution in [3.63, 3.8) is 0 Å². The molecule has 1 heterocycles. The van der Waals surface area contributed by atoms with Crippen molar-refractivity contribution in [2.75, 3.05) is 0 Å². The molecule has 0 aliphatic rings. The minimum atomic E-state index is -1.08. The van der Waals surface area contributed by atoms with Gasteiger partial charge in [0.25, 0.3) is 0 Å². The third kappa shape index (κ3) is 2.99. The van der Waals surface area contributed by atoms with Gasteiger partial charge in [-0.15, -0.1) is 0 Å². The molecule has 1 aromatic carbocycles. The largest absolute Gasteiger partial charge is 0.487 e. The Hall–Kier alpha value is -2.07. The highest BCUT2D eigenvalue weighted by atomic mass is 35.5. The van der Waals surface area contributed by atoms with E-state index >= 15 is 0 Å². The van der Waals surface area contributed by atoms with E-state index in [1.54, 1.807) is 12.3 Å². The van der Waals surface area contributed by atoms with E-state index in [1.807, 2.05) is 18.2 Å². The molecule has 0 aliphatic heterocycles. The third-order valence-electron chi connectivity index (χ3n) is 2.28. The summed E-state index contributed by atoms with van der Waals surface area (Å²) in [6.07, 6.45) is 1.67. The number of aromatic carboxylic acids is 1. The average Bonchev–Trinajstić information content (AvgIpc) is 2.38. The summed E-state index contributed by atoms with van der Waals surface area (Å²) >= 11 is 5.76. The van der Waals surface area contributed by atoms with Gasteiger partial charge in [0.15, 0.2) is 0 Å². The van der Waals surface area contributed by atoms with Crippen molar-refractivity contribution in [2.24, 2.45) is 0 Å². The van der Waals surface area contributed by atoms with Gasteiger partial charge in [0.1, 0.15) is 12.4 Å². The van der Waals surface area contributed by atoms with Gasteiger partial charge >= 0.3 is 5.97 Å². The molecule has 1 aromatic heterocycles. The summed E-state index contributed by atoms with van der Waals surface area (Å²) in [7, 11) is 0. The van der Waals surface area contributed by atoms with Crippen molar-refractivity contribution in [1.82, 2.24) is 4.98 Å². The number of carboxylic acid groups (broad SMARTS) is 1. The highest BCUT2D eigenvalue weighted by molar-refractivity contribution is 6.33. The summed E-state index contributed by atoms with van der Waals surface area (Å²) < 4.78 is 5.45. The number of aromatic nitrogens is 1. The first-order valence-electron chi connectivity index (χ1n) is 5.22. The fourth-order valence-corrected chi connectivity index (χ4v) is 1.60. The predicted octanol–water partition coefficient (Wildman–Crippen LogP) is 3.01. The topological polar surface area (TPSA) is 59.4 Å². The maximum absolute atomic E-state index is 10.9. The molecular formula is C13H10ClNO3. The van der Waals surface area contributed by atoms with Crippen molar-refractivity contribution in [1.29, 1.82) is 0 Å². The van der Waals surface area contributed by atoms with E-state index in [-0.39, 0.29) is 17.2 Å². The van der Waals surface area contributed by atoms with Gasteiger partial charge < -0.3 is 9.84 Å². The summed E-state index contributed by atoms with van der Waals surface area (Å²) in [6, 6.07) is 10.0. The summed E-state index contributed by atoms with van der Waals surface area (Å²) in [6.45, 7) is 0.279. The number of ether oxygens (including phenoxy) is 1. The Kier molecular flexibility index (Phi) is 3.79. The Morgan fingerprint density at radius 1 is 1.33 bits per heavy atom. The van der Waals surface area contributed by atoms with E-state index in [0.29, 0.717) is 5.75 Å². The van der Waals surface area contributed by atoms with Crippen molar-refractivity contribution < 1.29 is 14.6 Å². The van der Waals surface area contributed by atoms with Crippen molar-refractivity contribution in [3.05, 3.63) is 58.9 Å². The second-order valence-electron chi connectivity index (χ2n) is 3.56. The van der Waals surface area contributed by atoms with E-state index in [2.05, 4.69) is 4.98 Å². The fraction of sp³-hybridized carbons (Fsp3) is 0.0769. The molecule has 0 unspecified atom stereocenters. The van der Waals surface area contributed by atoms with Crippen LogP contribution in [-0.4, -0.2) is 16.1 Å². The highest BCUT2D eigenvalue weighted by Gasteiger charge is 2.10. The Morgan fingerprint density at radius 2 is 2.17 bits per heavy atom. The number of carboxylic acids is 1. The minimum absolute atomic E-state index is 0.0233. The van der Waals surface area contributed by atoms with Crippen LogP contribution in [0.4, 0.5) is 0 Å². The van der Waals surface area contributed by atoms with Crippen molar-refractivity contribution in [2.45, 2.75) is 6.61 Å². The third-order valence-corrected chi connectivity index (χ3v) is 2.61. The van der Waals surface area contributed by atoms with E-state index in [0.717, 1.165) is 5.69 Å². The van der Waals surface area contributed by atoms with Gasteiger partial charge in [-0.05, 0) is 30.3 Å². The van der Waals surface area contributed by atoms with Crippen molar-refractivity contribution >= 4 is 17.6 Å². The van der Waals surface area contributed by atoms with Gasteiger partial charge in [-0.3, -0.25) is 4.98 Å². The van der Waals surface area contributed by atoms with Gasteiger partial charge in [0.2, 0.25) is 0 Å². The molecule has 0 fully saturated rings. The standard InChI is InChI=1S/C13H10ClNO3/c14-12-5-4-10(7-11(12)13(16)17)18-8-9-3-1-2-6-15-9/h1-7H,8H2,(H,16,17). The quantitative estimate of drug-likeness (QED) is 0.921. The molecule has 1 N–H and O–H groups in total. The van der Waals surface area contributed by atoms with Crippen LogP contribution in [0.15, 0.2) is 42.6 Å². The SMILES string of the molecule is O=C(O)c1cc(OCc2ccccn2)ccc1Cl. The second kappa shape index (κ2) is 5.51. The molecule has 2 rings (SSSR count). The van der Waals surface area contributed by atoms with Gasteiger partial charge in [-0.25, -0.2) is 4.79 Å². The average molecular weight is 264 g/mol. The number of rotatable bonds is 4. The van der Waals surface area contributed by atoms with E-state index in [9.17, 15) is 4.79 Å². The molecule has 2 aromatic rings. The first kappa shape index (κ1) is 12.4. The lowest BCUT2D eigenvalue weighted by molar-refractivity contribution is 0.0696. The predicted molar refractivity (Wildman–Crippen MR) is 67.0 cm³/mol. The van der Waals surface area contributed by atoms with Crippen LogP contribution >= 0.6 is 11.6 Å². The lowest BCUT2D eigenvalue weighted by Gasteiger charge is -2.07. The summed E-state index contributed by atoms with van der Waals surface area (Å²) in [5.74, 6) is -0.634. The molecule has 0 bridgehead atoms. The maximum Gasteiger partial charge on any atom is 0.337 e. The number of carbonyl (C=O) groups is 1. The number of pyridine rings is 1. The Bertz CT molecular complexity index is 557. The zero-order valence-corrected chi connectivity index (χ0v) is 10.1. The maximum atomic E-state index is 10.9. The normalized spacial score (nSPS) is 10.1. The molecular weight excluding hydrogens is 254 g/mol. The molecule has 5 heteroatoms. The Balaban J connectivity index is 2.11. The summed E-state index contributed by atoms with van der Waals surface area (Å²) in [5, 5.41) is 9.11. The van der Waals surface area contributed by atoms with E-state index in [1.165, 1.54) is 12.1 Å². The first-order valence-corrected chi connectivity index (χ1v) is 5.60. The van der Waals surface area contributed by atoms with Crippen LogP contribution in [-0.2, 0) is 6.61 Å². The summed E-state index contributed by atoms with van der Waals surface area (Å²) in [5.41, 5.74) is 0.791. The van der Waals surface area contributed by atoms with Gasteiger partial charge in [0.05, 0.1) is 16.3 Å². The second-order valence-corrected chi connectivity index (χ2v) is 3.96. The minimum Gasteiger partial charge on any atom is -0.487 e. The Morgan fingerprint density at radius 3 is 2.83 bits per heavy atom. The molecule has 0 saturated carbocycles. The van der Waals surface area contributed by atoms with Gasteiger partial charge in [-0.1, -0.05) is 17.7 Å². The van der Waals surface area contributed by atoms with Crippen molar-refractivity contribution in [3.8, 4) is 5.75 Å². The molecule has 18 heavy (non-hydrogen) atoms. The number of halogens is 1. The lowest BCUT2D eigenvalue weighted by atomic mass is 10.2. The van der Waals surface area contributed by atoms with Gasteiger partial charge in [-0.2, -0.15) is 0 Å². The molecule has 0 atom stereocenters. The van der Waals surface area contributed by atoms with Crippen LogP contribution < -0.4 is 4.74 Å². The van der Waals surface area contributed by atoms with Crippen LogP contribution in [0.25, 0.3) is 0 Å². The van der Waals surface area contributed by atoms with Crippen LogP contribution in [0.1, 0.15) is 16.1 Å². The van der Waals surface area contributed by atoms with Crippen LogP contribution in [0, 0.1) is 0 Å². The molecule has 0 aliphatic carbocycles. The number of benzene rings is 1. The monoisotopic (exact) mass is 263 g/mol. The molecule has 0 spiro atoms. The zero-order valence-electron chi connectivity index (χ0n) is 9.34. The highest BCUT2D eigenvalue weighted by Crippen LogP contribution is 2.22. The first-order chi connectivity index (χ1) is 8.66. The van der Waals surface area contributed by atoms with Crippen LogP contribution in [0.2, 0.25) is 5.02 Å². The molecule has 4 nitrogen and oxygen atoms in total. The smallest absolute Gasteiger partial charge is 0.337 e. The fourth-order valence-electron chi connectivity index (χ4n) is 1.40. The number of hydrogen-bond acceptors (Lipinski definition) is 3. The Labute approximate surface area is 109 Å². The van der Waals surface area contributed by atoms with E-state index in [4.69, 9.17) is 21.4 Å². The van der Waals surface area contributed by atoms with Crippen LogP contribution in [0.3, 0.4) is 0 Å². The molecule has 0 radical (unpaired) electrons. The van der Waals surface area contributed by atoms with E-state index < -0.39 is 5.97 Å². The number of hydrogen-bond donors (Lipinski definition) is 1. The molecule has 0 amide bonds. The molecule has 92 valence electrons. The molecule has 0 saturated heterocycles. The van der Waals surface area contributed by atoms with Crippen LogP contribution in [0.5, 0.6) is 5.75 Å². The van der Waals surface area contributed by atoms with Gasteiger partial charge in [0, 0.05) is 6.20 Å². The lowest BCUT2D eigenvalue weighted by Crippen LogP contribution is -2.01. The summed E-state index contributed by atoms with van der Waals surface area (Å²) in [4.78, 5) is 15.0.